The van der Waals surface area contributed by atoms with Gasteiger partial charge < -0.3 is 14.5 Å². The molecule has 4 nitrogen and oxygen atoms in total. The second-order valence-corrected chi connectivity index (χ2v) is 6.14. The summed E-state index contributed by atoms with van der Waals surface area (Å²) in [5.41, 5.74) is 2.88. The van der Waals surface area contributed by atoms with Crippen molar-refractivity contribution in [1.29, 1.82) is 0 Å². The predicted molar refractivity (Wildman–Crippen MR) is 104 cm³/mol. The molecule has 1 N–H and O–H groups in total. The number of hydrogen-bond acceptors (Lipinski definition) is 3. The zero-order valence-corrected chi connectivity index (χ0v) is 14.5. The lowest BCUT2D eigenvalue weighted by atomic mass is 10.1. The molecule has 0 radical (unpaired) electrons. The number of benzene rings is 3. The maximum atomic E-state index is 12.5. The number of amides is 1. The van der Waals surface area contributed by atoms with Crippen LogP contribution in [0, 0.1) is 0 Å². The number of ether oxygens (including phenoxy) is 1. The van der Waals surface area contributed by atoms with Crippen molar-refractivity contribution in [3.05, 3.63) is 72.3 Å². The Bertz CT molecular complexity index is 1060. The molecule has 3 aromatic carbocycles. The van der Waals surface area contributed by atoms with Gasteiger partial charge >= 0.3 is 0 Å². The lowest BCUT2D eigenvalue weighted by Gasteiger charge is -2.07. The molecule has 0 unspecified atom stereocenters. The molecule has 0 saturated heterocycles. The van der Waals surface area contributed by atoms with Crippen molar-refractivity contribution in [3.8, 4) is 5.75 Å². The molecule has 0 bridgehead atoms. The Balaban J connectivity index is 1.54. The Kier molecular flexibility index (Phi) is 4.32. The lowest BCUT2D eigenvalue weighted by Crippen LogP contribution is -2.11. The third kappa shape index (κ3) is 3.14. The fourth-order valence-electron chi connectivity index (χ4n) is 2.93. The van der Waals surface area contributed by atoms with Gasteiger partial charge in [0.25, 0.3) is 5.91 Å². The van der Waals surface area contributed by atoms with Gasteiger partial charge in [-0.05, 0) is 48.9 Å². The number of nitrogens with one attached hydrogen (secondary N) is 1. The van der Waals surface area contributed by atoms with Crippen LogP contribution in [0.15, 0.2) is 71.1 Å². The van der Waals surface area contributed by atoms with Crippen LogP contribution >= 0.6 is 0 Å². The molecule has 26 heavy (non-hydrogen) atoms. The van der Waals surface area contributed by atoms with Gasteiger partial charge in [-0.2, -0.15) is 0 Å². The predicted octanol–water partition coefficient (Wildman–Crippen LogP) is 5.63. The first-order valence-corrected chi connectivity index (χ1v) is 8.70. The summed E-state index contributed by atoms with van der Waals surface area (Å²) in [4.78, 5) is 12.5. The number of rotatable bonds is 5. The minimum atomic E-state index is -0.164. The number of hydrogen-bond donors (Lipinski definition) is 1. The highest BCUT2D eigenvalue weighted by Crippen LogP contribution is 2.30. The lowest BCUT2D eigenvalue weighted by molar-refractivity contribution is 0.102. The molecule has 130 valence electrons. The fraction of sp³-hybridized carbons (Fsp3) is 0.136. The molecule has 4 rings (SSSR count). The van der Waals surface area contributed by atoms with Gasteiger partial charge in [0.2, 0.25) is 0 Å². The fourth-order valence-corrected chi connectivity index (χ4v) is 2.93. The molecule has 1 aromatic heterocycles. The summed E-state index contributed by atoms with van der Waals surface area (Å²) in [6, 6.07) is 20.8. The summed E-state index contributed by atoms with van der Waals surface area (Å²) in [5, 5.41) is 5.03. The molecular formula is C22H19NO3. The van der Waals surface area contributed by atoms with Gasteiger partial charge in [0.05, 0.1) is 6.61 Å². The summed E-state index contributed by atoms with van der Waals surface area (Å²) in [6.07, 6.45) is 0.951. The Hall–Kier alpha value is -3.27. The van der Waals surface area contributed by atoms with Crippen LogP contribution in [0.4, 0.5) is 5.69 Å². The van der Waals surface area contributed by atoms with Gasteiger partial charge in [-0.15, -0.1) is 0 Å². The van der Waals surface area contributed by atoms with Crippen molar-refractivity contribution in [2.75, 3.05) is 11.9 Å². The van der Waals surface area contributed by atoms with E-state index < -0.39 is 0 Å². The molecule has 1 heterocycles. The van der Waals surface area contributed by atoms with Crippen LogP contribution in [0.5, 0.6) is 5.75 Å². The number of carbonyl (C=O) groups is 1. The first-order valence-electron chi connectivity index (χ1n) is 8.70. The number of fused-ring (bicyclic) bond motifs is 3. The van der Waals surface area contributed by atoms with Crippen LogP contribution in [0.3, 0.4) is 0 Å². The largest absolute Gasteiger partial charge is 0.494 e. The molecular weight excluding hydrogens is 326 g/mol. The van der Waals surface area contributed by atoms with E-state index in [1.165, 1.54) is 0 Å². The SMILES string of the molecule is CCCOc1ccc(C(=O)Nc2ccc3c(c2)oc2ccccc23)cc1. The summed E-state index contributed by atoms with van der Waals surface area (Å²) in [5.74, 6) is 0.606. The van der Waals surface area contributed by atoms with E-state index in [0.717, 1.165) is 34.1 Å². The normalized spacial score (nSPS) is 11.0. The van der Waals surface area contributed by atoms with E-state index in [2.05, 4.69) is 12.2 Å². The average Bonchev–Trinajstić information content (AvgIpc) is 3.04. The van der Waals surface area contributed by atoms with E-state index in [-0.39, 0.29) is 5.91 Å². The molecule has 0 atom stereocenters. The number of furan rings is 1. The molecule has 0 aliphatic rings. The van der Waals surface area contributed by atoms with Crippen molar-refractivity contribution in [3.63, 3.8) is 0 Å². The van der Waals surface area contributed by atoms with Crippen LogP contribution in [0.2, 0.25) is 0 Å². The monoisotopic (exact) mass is 345 g/mol. The highest BCUT2D eigenvalue weighted by molar-refractivity contribution is 6.08. The van der Waals surface area contributed by atoms with Crippen LogP contribution in [-0.2, 0) is 0 Å². The highest BCUT2D eigenvalue weighted by Gasteiger charge is 2.10. The Morgan fingerprint density at radius 3 is 2.54 bits per heavy atom. The van der Waals surface area contributed by atoms with E-state index in [4.69, 9.17) is 9.15 Å². The highest BCUT2D eigenvalue weighted by atomic mass is 16.5. The molecule has 0 aliphatic carbocycles. The topological polar surface area (TPSA) is 51.5 Å². The first-order chi connectivity index (χ1) is 12.7. The van der Waals surface area contributed by atoms with Gasteiger partial charge in [0.1, 0.15) is 16.9 Å². The van der Waals surface area contributed by atoms with Gasteiger partial charge in [-0.25, -0.2) is 0 Å². The zero-order valence-electron chi connectivity index (χ0n) is 14.5. The van der Waals surface area contributed by atoms with E-state index in [1.807, 2.05) is 54.6 Å². The smallest absolute Gasteiger partial charge is 0.255 e. The minimum absolute atomic E-state index is 0.164. The van der Waals surface area contributed by atoms with Crippen LogP contribution in [0.25, 0.3) is 21.9 Å². The van der Waals surface area contributed by atoms with Crippen LogP contribution in [0.1, 0.15) is 23.7 Å². The Labute approximate surface area is 151 Å². The summed E-state index contributed by atoms with van der Waals surface area (Å²) < 4.78 is 11.4. The molecule has 0 saturated carbocycles. The Morgan fingerprint density at radius 2 is 1.73 bits per heavy atom. The molecule has 0 aliphatic heterocycles. The van der Waals surface area contributed by atoms with E-state index >= 15 is 0 Å². The minimum Gasteiger partial charge on any atom is -0.494 e. The molecule has 0 spiro atoms. The molecule has 4 heteroatoms. The summed E-state index contributed by atoms with van der Waals surface area (Å²) in [6.45, 7) is 2.73. The maximum absolute atomic E-state index is 12.5. The third-order valence-electron chi connectivity index (χ3n) is 4.23. The number of para-hydroxylation sites is 1. The van der Waals surface area contributed by atoms with E-state index in [9.17, 15) is 4.79 Å². The molecule has 1 amide bonds. The van der Waals surface area contributed by atoms with Crippen molar-refractivity contribution in [1.82, 2.24) is 0 Å². The zero-order chi connectivity index (χ0) is 17.9. The average molecular weight is 345 g/mol. The van der Waals surface area contributed by atoms with Crippen molar-refractivity contribution < 1.29 is 13.9 Å². The third-order valence-corrected chi connectivity index (χ3v) is 4.23. The quantitative estimate of drug-likeness (QED) is 0.510. The molecule has 0 fully saturated rings. The second-order valence-electron chi connectivity index (χ2n) is 6.14. The van der Waals surface area contributed by atoms with Gasteiger partial charge in [-0.1, -0.05) is 25.1 Å². The van der Waals surface area contributed by atoms with Crippen molar-refractivity contribution in [2.45, 2.75) is 13.3 Å². The standard InChI is InChI=1S/C22H19NO3/c1-2-13-25-17-10-7-15(8-11-17)22(24)23-16-9-12-19-18-5-3-4-6-20(18)26-21(19)14-16/h3-12,14H,2,13H2,1H3,(H,23,24). The first kappa shape index (κ1) is 16.2. The number of carbonyl (C=O) groups excluding carboxylic acids is 1. The number of anilines is 1. The van der Waals surface area contributed by atoms with E-state index in [0.29, 0.717) is 17.9 Å². The molecule has 4 aromatic rings. The Morgan fingerprint density at radius 1 is 0.962 bits per heavy atom. The van der Waals surface area contributed by atoms with Gasteiger partial charge in [0.15, 0.2) is 0 Å². The second kappa shape index (κ2) is 6.92. The van der Waals surface area contributed by atoms with E-state index in [1.54, 1.807) is 12.1 Å². The van der Waals surface area contributed by atoms with Crippen molar-refractivity contribution in [2.24, 2.45) is 0 Å². The van der Waals surface area contributed by atoms with Crippen molar-refractivity contribution >= 4 is 33.5 Å². The van der Waals surface area contributed by atoms with Gasteiger partial charge in [-0.3, -0.25) is 4.79 Å². The van der Waals surface area contributed by atoms with Crippen LogP contribution in [-0.4, -0.2) is 12.5 Å². The van der Waals surface area contributed by atoms with Crippen LogP contribution < -0.4 is 10.1 Å². The summed E-state index contributed by atoms with van der Waals surface area (Å²) in [7, 11) is 0. The van der Waals surface area contributed by atoms with Gasteiger partial charge in [0, 0.05) is 28.1 Å². The summed E-state index contributed by atoms with van der Waals surface area (Å²) >= 11 is 0. The maximum Gasteiger partial charge on any atom is 0.255 e.